The molecule has 94 valence electrons. The summed E-state index contributed by atoms with van der Waals surface area (Å²) in [5.74, 6) is -2.19. The number of hydrogen-bond donors (Lipinski definition) is 1. The smallest absolute Gasteiger partial charge is 0.257 e. The van der Waals surface area contributed by atoms with Crippen LogP contribution in [0, 0.1) is 11.6 Å². The second kappa shape index (κ2) is 4.95. The highest BCUT2D eigenvalue weighted by Crippen LogP contribution is 2.13. The van der Waals surface area contributed by atoms with E-state index in [1.54, 1.807) is 12.4 Å². The van der Waals surface area contributed by atoms with Crippen molar-refractivity contribution in [2.45, 2.75) is 6.54 Å². The highest BCUT2D eigenvalue weighted by atomic mass is 19.2. The zero-order valence-corrected chi connectivity index (χ0v) is 9.65. The number of benzene rings is 1. The van der Waals surface area contributed by atoms with Crippen LogP contribution in [0.2, 0.25) is 0 Å². The van der Waals surface area contributed by atoms with Crippen LogP contribution in [0.15, 0.2) is 30.6 Å². The van der Waals surface area contributed by atoms with Crippen LogP contribution in [-0.2, 0) is 6.54 Å². The number of H-pyrrole nitrogens is 1. The van der Waals surface area contributed by atoms with E-state index in [4.69, 9.17) is 0 Å². The van der Waals surface area contributed by atoms with E-state index in [0.717, 1.165) is 6.07 Å². The van der Waals surface area contributed by atoms with Crippen LogP contribution in [0.5, 0.6) is 0 Å². The van der Waals surface area contributed by atoms with Crippen molar-refractivity contribution in [3.05, 3.63) is 53.6 Å². The molecule has 0 aliphatic rings. The Morgan fingerprint density at radius 2 is 2.22 bits per heavy atom. The van der Waals surface area contributed by atoms with Gasteiger partial charge in [-0.3, -0.25) is 4.79 Å². The Morgan fingerprint density at radius 1 is 1.44 bits per heavy atom. The minimum atomic E-state index is -1.13. The van der Waals surface area contributed by atoms with Gasteiger partial charge in [0.1, 0.15) is 5.82 Å². The third kappa shape index (κ3) is 2.37. The predicted octanol–water partition coefficient (Wildman–Crippen LogP) is 1.96. The largest absolute Gasteiger partial charge is 0.347 e. The molecule has 0 radical (unpaired) electrons. The number of imidazole rings is 1. The molecule has 2 aromatic rings. The molecule has 0 aliphatic heterocycles. The number of rotatable bonds is 3. The van der Waals surface area contributed by atoms with Crippen molar-refractivity contribution in [1.29, 1.82) is 0 Å². The van der Waals surface area contributed by atoms with E-state index in [1.807, 2.05) is 0 Å². The normalized spacial score (nSPS) is 10.4. The lowest BCUT2D eigenvalue weighted by Gasteiger charge is -2.16. The maximum atomic E-state index is 13.4. The summed E-state index contributed by atoms with van der Waals surface area (Å²) in [5, 5.41) is 0. The summed E-state index contributed by atoms with van der Waals surface area (Å²) in [6, 6.07) is 3.52. The SMILES string of the molecule is CN(Cc1ncc[nH]1)C(=O)c1cccc(F)c1F. The molecule has 0 saturated heterocycles. The van der Waals surface area contributed by atoms with Gasteiger partial charge in [0.05, 0.1) is 12.1 Å². The number of nitrogens with one attached hydrogen (secondary N) is 1. The summed E-state index contributed by atoms with van der Waals surface area (Å²) in [5.41, 5.74) is -0.288. The monoisotopic (exact) mass is 251 g/mol. The lowest BCUT2D eigenvalue weighted by Crippen LogP contribution is -2.27. The maximum absolute atomic E-state index is 13.4. The number of carbonyl (C=O) groups is 1. The summed E-state index contributed by atoms with van der Waals surface area (Å²) >= 11 is 0. The van der Waals surface area contributed by atoms with E-state index in [0.29, 0.717) is 5.82 Å². The van der Waals surface area contributed by atoms with Gasteiger partial charge in [-0.1, -0.05) is 6.07 Å². The van der Waals surface area contributed by atoms with Gasteiger partial charge in [-0.2, -0.15) is 0 Å². The molecular weight excluding hydrogens is 240 g/mol. The first-order valence-corrected chi connectivity index (χ1v) is 5.27. The van der Waals surface area contributed by atoms with Crippen molar-refractivity contribution in [1.82, 2.24) is 14.9 Å². The number of aromatic amines is 1. The van der Waals surface area contributed by atoms with E-state index >= 15 is 0 Å². The van der Waals surface area contributed by atoms with Gasteiger partial charge < -0.3 is 9.88 Å². The fraction of sp³-hybridized carbons (Fsp3) is 0.167. The standard InChI is InChI=1S/C12H11F2N3O/c1-17(7-10-15-5-6-16-10)12(18)8-3-2-4-9(13)11(8)14/h2-6H,7H2,1H3,(H,15,16). The topological polar surface area (TPSA) is 49.0 Å². The minimum absolute atomic E-state index is 0.196. The van der Waals surface area contributed by atoms with Crippen molar-refractivity contribution < 1.29 is 13.6 Å². The molecule has 1 amide bonds. The summed E-state index contributed by atoms with van der Waals surface area (Å²) in [6.45, 7) is 0.196. The number of amides is 1. The fourth-order valence-corrected chi connectivity index (χ4v) is 1.56. The van der Waals surface area contributed by atoms with Gasteiger partial charge in [-0.15, -0.1) is 0 Å². The molecule has 0 aliphatic carbocycles. The first-order valence-electron chi connectivity index (χ1n) is 5.27. The summed E-state index contributed by atoms with van der Waals surface area (Å²) in [4.78, 5) is 20.0. The van der Waals surface area contributed by atoms with Crippen molar-refractivity contribution in [2.24, 2.45) is 0 Å². The Hall–Kier alpha value is -2.24. The highest BCUT2D eigenvalue weighted by molar-refractivity contribution is 5.94. The lowest BCUT2D eigenvalue weighted by atomic mass is 10.2. The first-order chi connectivity index (χ1) is 8.59. The molecule has 4 nitrogen and oxygen atoms in total. The number of carbonyl (C=O) groups excluding carboxylic acids is 1. The third-order valence-corrected chi connectivity index (χ3v) is 2.47. The van der Waals surface area contributed by atoms with Crippen LogP contribution < -0.4 is 0 Å². The van der Waals surface area contributed by atoms with Crippen LogP contribution in [0.25, 0.3) is 0 Å². The number of aromatic nitrogens is 2. The molecule has 1 aromatic heterocycles. The summed E-state index contributed by atoms with van der Waals surface area (Å²) in [7, 11) is 1.50. The Bertz CT molecular complexity index is 554. The second-order valence-corrected chi connectivity index (χ2v) is 3.80. The van der Waals surface area contributed by atoms with E-state index in [2.05, 4.69) is 9.97 Å². The van der Waals surface area contributed by atoms with Gasteiger partial charge in [-0.25, -0.2) is 13.8 Å². The molecule has 0 saturated carbocycles. The van der Waals surface area contributed by atoms with Crippen LogP contribution >= 0.6 is 0 Å². The number of hydrogen-bond acceptors (Lipinski definition) is 2. The van der Waals surface area contributed by atoms with Gasteiger partial charge in [0.15, 0.2) is 11.6 Å². The quantitative estimate of drug-likeness (QED) is 0.906. The molecule has 0 atom stereocenters. The average Bonchev–Trinajstić information content (AvgIpc) is 2.84. The average molecular weight is 251 g/mol. The Morgan fingerprint density at radius 3 is 2.89 bits per heavy atom. The molecule has 1 heterocycles. The van der Waals surface area contributed by atoms with Gasteiger partial charge in [0.25, 0.3) is 5.91 Å². The Kier molecular flexibility index (Phi) is 3.36. The fourth-order valence-electron chi connectivity index (χ4n) is 1.56. The number of halogens is 2. The summed E-state index contributed by atoms with van der Waals surface area (Å²) in [6.07, 6.45) is 3.17. The zero-order chi connectivity index (χ0) is 13.1. The van der Waals surface area contributed by atoms with Crippen molar-refractivity contribution in [2.75, 3.05) is 7.05 Å². The van der Waals surface area contributed by atoms with Gasteiger partial charge in [-0.05, 0) is 12.1 Å². The van der Waals surface area contributed by atoms with Crippen LogP contribution in [0.3, 0.4) is 0 Å². The minimum Gasteiger partial charge on any atom is -0.347 e. The van der Waals surface area contributed by atoms with E-state index in [9.17, 15) is 13.6 Å². The van der Waals surface area contributed by atoms with Gasteiger partial charge in [0, 0.05) is 19.4 Å². The maximum Gasteiger partial charge on any atom is 0.257 e. The Labute approximate surface area is 102 Å². The van der Waals surface area contributed by atoms with E-state index < -0.39 is 17.5 Å². The summed E-state index contributed by atoms with van der Waals surface area (Å²) < 4.78 is 26.5. The molecule has 1 N–H and O–H groups in total. The number of nitrogens with zero attached hydrogens (tertiary/aromatic N) is 2. The van der Waals surface area contributed by atoms with Gasteiger partial charge in [0.2, 0.25) is 0 Å². The molecule has 18 heavy (non-hydrogen) atoms. The molecule has 0 spiro atoms. The van der Waals surface area contributed by atoms with Crippen LogP contribution in [0.1, 0.15) is 16.2 Å². The molecule has 0 unspecified atom stereocenters. The molecule has 0 bridgehead atoms. The van der Waals surface area contributed by atoms with Crippen molar-refractivity contribution >= 4 is 5.91 Å². The third-order valence-electron chi connectivity index (χ3n) is 2.47. The predicted molar refractivity (Wildman–Crippen MR) is 60.7 cm³/mol. The Balaban J connectivity index is 2.18. The second-order valence-electron chi connectivity index (χ2n) is 3.80. The molecule has 6 heteroatoms. The van der Waals surface area contributed by atoms with Crippen molar-refractivity contribution in [3.8, 4) is 0 Å². The highest BCUT2D eigenvalue weighted by Gasteiger charge is 2.19. The molecule has 2 rings (SSSR count). The molecule has 1 aromatic carbocycles. The van der Waals surface area contributed by atoms with E-state index in [-0.39, 0.29) is 12.1 Å². The van der Waals surface area contributed by atoms with Crippen LogP contribution in [0.4, 0.5) is 8.78 Å². The molecule has 0 fully saturated rings. The van der Waals surface area contributed by atoms with Crippen LogP contribution in [-0.4, -0.2) is 27.8 Å². The van der Waals surface area contributed by atoms with E-state index in [1.165, 1.54) is 24.1 Å². The first kappa shape index (κ1) is 12.2. The van der Waals surface area contributed by atoms with Crippen molar-refractivity contribution in [3.63, 3.8) is 0 Å². The zero-order valence-electron chi connectivity index (χ0n) is 9.65. The molecular formula is C12H11F2N3O. The lowest BCUT2D eigenvalue weighted by molar-refractivity contribution is 0.0776. The van der Waals surface area contributed by atoms with Gasteiger partial charge >= 0.3 is 0 Å².